The van der Waals surface area contributed by atoms with E-state index >= 15 is 0 Å². The third-order valence-electron chi connectivity index (χ3n) is 4.97. The standard InChI is InChI=1S/C22H20N6O2/c1-12-10-25-26-13(2)20(12)14(3)30-17-5-6-19-18(8-17)21(28-27-19)16-7-15(9-23)22(29-4)24-11-16/h5-8,10-11,14H,1-4H3,(H,27,28)/t14-/m1/s1. The Kier molecular flexibility index (Phi) is 5.02. The SMILES string of the molecule is COc1ncc(-c2n[nH]c3ccc(O[C@H](C)c4c(C)cnnc4C)cc23)cc1C#N. The highest BCUT2D eigenvalue weighted by molar-refractivity contribution is 5.93. The fourth-order valence-corrected chi connectivity index (χ4v) is 3.60. The Bertz CT molecular complexity index is 1250. The minimum absolute atomic E-state index is 0.193. The molecule has 0 saturated heterocycles. The Balaban J connectivity index is 1.71. The van der Waals surface area contributed by atoms with Gasteiger partial charge in [0, 0.05) is 22.7 Å². The molecule has 0 saturated carbocycles. The van der Waals surface area contributed by atoms with Crippen LogP contribution in [0, 0.1) is 25.2 Å². The molecule has 0 amide bonds. The largest absolute Gasteiger partial charge is 0.486 e. The Morgan fingerprint density at radius 3 is 2.73 bits per heavy atom. The maximum absolute atomic E-state index is 9.35. The van der Waals surface area contributed by atoms with Gasteiger partial charge in [0.05, 0.1) is 24.5 Å². The van der Waals surface area contributed by atoms with Gasteiger partial charge < -0.3 is 9.47 Å². The lowest BCUT2D eigenvalue weighted by atomic mass is 10.0. The zero-order valence-electron chi connectivity index (χ0n) is 17.1. The summed E-state index contributed by atoms with van der Waals surface area (Å²) in [7, 11) is 1.49. The first kappa shape index (κ1) is 19.3. The van der Waals surface area contributed by atoms with Gasteiger partial charge in [0.15, 0.2) is 0 Å². The molecule has 0 aliphatic heterocycles. The number of fused-ring (bicyclic) bond motifs is 1. The summed E-state index contributed by atoms with van der Waals surface area (Å²) in [4.78, 5) is 4.22. The van der Waals surface area contributed by atoms with E-state index in [1.165, 1.54) is 7.11 Å². The molecule has 0 bridgehead atoms. The Hall–Kier alpha value is -3.99. The number of nitriles is 1. The van der Waals surface area contributed by atoms with Crippen molar-refractivity contribution < 1.29 is 9.47 Å². The van der Waals surface area contributed by atoms with Crippen molar-refractivity contribution >= 4 is 10.9 Å². The van der Waals surface area contributed by atoms with Crippen LogP contribution in [0.3, 0.4) is 0 Å². The average Bonchev–Trinajstić information content (AvgIpc) is 3.16. The van der Waals surface area contributed by atoms with E-state index in [0.717, 1.165) is 27.7 Å². The lowest BCUT2D eigenvalue weighted by Gasteiger charge is -2.18. The summed E-state index contributed by atoms with van der Waals surface area (Å²) in [6.07, 6.45) is 3.19. The first-order valence-corrected chi connectivity index (χ1v) is 9.40. The van der Waals surface area contributed by atoms with Crippen LogP contribution in [0.5, 0.6) is 11.6 Å². The molecule has 0 fully saturated rings. The third-order valence-corrected chi connectivity index (χ3v) is 4.97. The van der Waals surface area contributed by atoms with Crippen LogP contribution in [-0.2, 0) is 0 Å². The van der Waals surface area contributed by atoms with E-state index in [4.69, 9.17) is 9.47 Å². The first-order chi connectivity index (χ1) is 14.5. The molecule has 150 valence electrons. The fraction of sp³-hybridized carbons (Fsp3) is 0.227. The van der Waals surface area contributed by atoms with E-state index in [0.29, 0.717) is 22.6 Å². The predicted octanol–water partition coefficient (Wildman–Crippen LogP) is 4.05. The molecule has 3 aromatic heterocycles. The van der Waals surface area contributed by atoms with E-state index in [-0.39, 0.29) is 12.0 Å². The van der Waals surface area contributed by atoms with Crippen molar-refractivity contribution in [1.82, 2.24) is 25.4 Å². The molecule has 0 radical (unpaired) electrons. The van der Waals surface area contributed by atoms with E-state index in [1.54, 1.807) is 18.5 Å². The van der Waals surface area contributed by atoms with Crippen molar-refractivity contribution in [2.45, 2.75) is 26.9 Å². The Morgan fingerprint density at radius 1 is 1.17 bits per heavy atom. The van der Waals surface area contributed by atoms with E-state index in [9.17, 15) is 5.26 Å². The van der Waals surface area contributed by atoms with Crippen LogP contribution in [-0.4, -0.2) is 32.5 Å². The number of nitrogens with zero attached hydrogens (tertiary/aromatic N) is 5. The first-order valence-electron chi connectivity index (χ1n) is 9.40. The summed E-state index contributed by atoms with van der Waals surface area (Å²) in [5.74, 6) is 0.992. The van der Waals surface area contributed by atoms with Crippen LogP contribution in [0.4, 0.5) is 0 Å². The van der Waals surface area contributed by atoms with Crippen molar-refractivity contribution in [3.8, 4) is 29.0 Å². The molecule has 0 unspecified atom stereocenters. The van der Waals surface area contributed by atoms with Crippen molar-refractivity contribution in [3.05, 3.63) is 59.0 Å². The lowest BCUT2D eigenvalue weighted by molar-refractivity contribution is 0.225. The molecule has 8 nitrogen and oxygen atoms in total. The number of aromatic nitrogens is 5. The number of pyridine rings is 1. The maximum Gasteiger partial charge on any atom is 0.231 e. The Morgan fingerprint density at radius 2 is 2.00 bits per heavy atom. The molecule has 1 aromatic carbocycles. The van der Waals surface area contributed by atoms with Crippen LogP contribution >= 0.6 is 0 Å². The summed E-state index contributed by atoms with van der Waals surface area (Å²) in [6, 6.07) is 9.56. The molecule has 0 aliphatic rings. The summed E-state index contributed by atoms with van der Waals surface area (Å²) < 4.78 is 11.3. The number of benzene rings is 1. The van der Waals surface area contributed by atoms with Crippen molar-refractivity contribution in [3.63, 3.8) is 0 Å². The number of hydrogen-bond acceptors (Lipinski definition) is 7. The van der Waals surface area contributed by atoms with Gasteiger partial charge in [-0.2, -0.15) is 20.6 Å². The predicted molar refractivity (Wildman–Crippen MR) is 111 cm³/mol. The van der Waals surface area contributed by atoms with Gasteiger partial charge in [-0.25, -0.2) is 4.98 Å². The fourth-order valence-electron chi connectivity index (χ4n) is 3.60. The summed E-state index contributed by atoms with van der Waals surface area (Å²) in [6.45, 7) is 5.91. The number of H-pyrrole nitrogens is 1. The van der Waals surface area contributed by atoms with E-state index in [2.05, 4.69) is 31.4 Å². The van der Waals surface area contributed by atoms with Crippen LogP contribution in [0.25, 0.3) is 22.2 Å². The van der Waals surface area contributed by atoms with Gasteiger partial charge in [-0.3, -0.25) is 5.10 Å². The minimum atomic E-state index is -0.193. The highest BCUT2D eigenvalue weighted by Crippen LogP contribution is 2.32. The number of hydrogen-bond donors (Lipinski definition) is 1. The van der Waals surface area contributed by atoms with Gasteiger partial charge in [-0.05, 0) is 50.6 Å². The van der Waals surface area contributed by atoms with Crippen molar-refractivity contribution in [2.24, 2.45) is 0 Å². The monoisotopic (exact) mass is 400 g/mol. The molecule has 0 spiro atoms. The highest BCUT2D eigenvalue weighted by Gasteiger charge is 2.17. The number of ether oxygens (including phenoxy) is 2. The van der Waals surface area contributed by atoms with Gasteiger partial charge in [0.2, 0.25) is 5.88 Å². The van der Waals surface area contributed by atoms with Crippen LogP contribution in [0.2, 0.25) is 0 Å². The van der Waals surface area contributed by atoms with Gasteiger partial charge >= 0.3 is 0 Å². The van der Waals surface area contributed by atoms with Crippen LogP contribution in [0.15, 0.2) is 36.7 Å². The second-order valence-electron chi connectivity index (χ2n) is 6.96. The van der Waals surface area contributed by atoms with Gasteiger partial charge in [-0.15, -0.1) is 0 Å². The van der Waals surface area contributed by atoms with Crippen LogP contribution < -0.4 is 9.47 Å². The van der Waals surface area contributed by atoms with Gasteiger partial charge in [0.1, 0.15) is 29.2 Å². The summed E-state index contributed by atoms with van der Waals surface area (Å²) in [5.41, 5.74) is 5.52. The lowest BCUT2D eigenvalue weighted by Crippen LogP contribution is -2.09. The molecule has 3 heterocycles. The number of aromatic amines is 1. The number of methoxy groups -OCH3 is 1. The Labute approximate surface area is 173 Å². The smallest absolute Gasteiger partial charge is 0.231 e. The zero-order chi connectivity index (χ0) is 21.3. The van der Waals surface area contributed by atoms with Crippen molar-refractivity contribution in [2.75, 3.05) is 7.11 Å². The van der Waals surface area contributed by atoms with Crippen molar-refractivity contribution in [1.29, 1.82) is 5.26 Å². The molecular formula is C22H20N6O2. The third kappa shape index (κ3) is 3.42. The zero-order valence-corrected chi connectivity index (χ0v) is 17.1. The van der Waals surface area contributed by atoms with Gasteiger partial charge in [0.25, 0.3) is 0 Å². The molecule has 0 aliphatic carbocycles. The van der Waals surface area contributed by atoms with Crippen LogP contribution in [0.1, 0.15) is 35.4 Å². The topological polar surface area (TPSA) is 110 Å². The molecule has 4 aromatic rings. The highest BCUT2D eigenvalue weighted by atomic mass is 16.5. The molecule has 1 N–H and O–H groups in total. The van der Waals surface area contributed by atoms with E-state index < -0.39 is 0 Å². The number of aryl methyl sites for hydroxylation is 2. The molecular weight excluding hydrogens is 380 g/mol. The quantitative estimate of drug-likeness (QED) is 0.538. The number of rotatable bonds is 5. The summed E-state index contributed by atoms with van der Waals surface area (Å²) in [5, 5.41) is 25.8. The molecule has 1 atom stereocenters. The molecule has 8 heteroatoms. The maximum atomic E-state index is 9.35. The number of nitrogens with one attached hydrogen (secondary N) is 1. The molecule has 30 heavy (non-hydrogen) atoms. The molecule has 4 rings (SSSR count). The summed E-state index contributed by atoms with van der Waals surface area (Å²) >= 11 is 0. The minimum Gasteiger partial charge on any atom is -0.486 e. The van der Waals surface area contributed by atoms with E-state index in [1.807, 2.05) is 39.0 Å². The second-order valence-corrected chi connectivity index (χ2v) is 6.96. The normalized spacial score (nSPS) is 11.8. The average molecular weight is 400 g/mol. The second kappa shape index (κ2) is 7.79. The van der Waals surface area contributed by atoms with Gasteiger partial charge in [-0.1, -0.05) is 0 Å².